The van der Waals surface area contributed by atoms with E-state index in [1.807, 2.05) is 42.5 Å². The highest BCUT2D eigenvalue weighted by Crippen LogP contribution is 2.17. The number of benzene rings is 1. The van der Waals surface area contributed by atoms with Gasteiger partial charge in [0.05, 0.1) is 5.69 Å². The molecule has 5 heteroatoms. The van der Waals surface area contributed by atoms with Gasteiger partial charge in [-0.25, -0.2) is 0 Å². The second kappa shape index (κ2) is 5.72. The molecule has 0 aromatic heterocycles. The number of hydrogen-bond acceptors (Lipinski definition) is 4. The number of azo groups is 1. The lowest BCUT2D eigenvalue weighted by atomic mass is 10.3. The smallest absolute Gasteiger partial charge is 0.134 e. The minimum absolute atomic E-state index is 0.255. The summed E-state index contributed by atoms with van der Waals surface area (Å²) in [6, 6.07) is 7.37. The molecule has 0 spiro atoms. The quantitative estimate of drug-likeness (QED) is 0.388. The summed E-state index contributed by atoms with van der Waals surface area (Å²) < 4.78 is 3.20. The van der Waals surface area contributed by atoms with E-state index < -0.39 is 0 Å². The standard InChI is InChI=1S/C12H13IN4/c1-17-9-3-2-4-12(13-17)16-15-11-7-5-10(14)6-8-11/h2-9H,14H2,1H3. The van der Waals surface area contributed by atoms with Crippen molar-refractivity contribution in [3.05, 3.63) is 48.7 Å². The summed E-state index contributed by atoms with van der Waals surface area (Å²) in [5, 5.41) is 8.48. The third-order valence-corrected chi connectivity index (χ3v) is 4.16. The van der Waals surface area contributed by atoms with Gasteiger partial charge in [0.25, 0.3) is 0 Å². The van der Waals surface area contributed by atoms with Crippen molar-refractivity contribution in [2.75, 3.05) is 12.8 Å². The summed E-state index contributed by atoms with van der Waals surface area (Å²) in [6.07, 6.45) is 8.05. The first-order valence-corrected chi connectivity index (χ1v) is 7.15. The van der Waals surface area contributed by atoms with Crippen LogP contribution in [0.3, 0.4) is 0 Å². The lowest BCUT2D eigenvalue weighted by Gasteiger charge is -2.03. The van der Waals surface area contributed by atoms with Gasteiger partial charge in [-0.3, -0.25) is 0 Å². The fourth-order valence-electron chi connectivity index (χ4n) is 1.19. The first kappa shape index (κ1) is 12.0. The van der Waals surface area contributed by atoms with Crippen molar-refractivity contribution in [3.63, 3.8) is 0 Å². The minimum Gasteiger partial charge on any atom is -0.399 e. The average molecular weight is 340 g/mol. The molecule has 0 fully saturated rings. The lowest BCUT2D eigenvalue weighted by Crippen LogP contribution is -1.93. The van der Waals surface area contributed by atoms with Gasteiger partial charge < -0.3 is 8.85 Å². The number of nitrogens with two attached hydrogens (primary N) is 1. The molecule has 2 N–H and O–H groups in total. The van der Waals surface area contributed by atoms with Crippen LogP contribution >= 0.6 is 21.0 Å². The van der Waals surface area contributed by atoms with Crippen LogP contribution in [-0.4, -0.2) is 13.8 Å². The predicted octanol–water partition coefficient (Wildman–Crippen LogP) is 3.38. The van der Waals surface area contributed by atoms with Crippen molar-refractivity contribution in [2.45, 2.75) is 0 Å². The molecule has 2 rings (SSSR count). The second-order valence-corrected chi connectivity index (χ2v) is 6.53. The summed E-state index contributed by atoms with van der Waals surface area (Å²) in [5.41, 5.74) is 7.17. The molecule has 17 heavy (non-hydrogen) atoms. The van der Waals surface area contributed by atoms with E-state index in [0.29, 0.717) is 0 Å². The molecule has 1 aromatic carbocycles. The van der Waals surface area contributed by atoms with Crippen LogP contribution in [0.1, 0.15) is 0 Å². The van der Waals surface area contributed by atoms with Crippen molar-refractivity contribution in [1.29, 1.82) is 0 Å². The van der Waals surface area contributed by atoms with Crippen LogP contribution in [0.4, 0.5) is 11.4 Å². The van der Waals surface area contributed by atoms with E-state index in [2.05, 4.69) is 26.6 Å². The maximum atomic E-state index is 5.61. The first-order chi connectivity index (χ1) is 8.24. The maximum Gasteiger partial charge on any atom is 0.134 e. The van der Waals surface area contributed by atoms with Gasteiger partial charge in [0.1, 0.15) is 3.63 Å². The van der Waals surface area contributed by atoms with Gasteiger partial charge >= 0.3 is 0 Å². The monoisotopic (exact) mass is 340 g/mol. The van der Waals surface area contributed by atoms with E-state index in [0.717, 1.165) is 15.0 Å². The molecule has 0 bridgehead atoms. The van der Waals surface area contributed by atoms with E-state index in [4.69, 9.17) is 5.73 Å². The third kappa shape index (κ3) is 3.77. The zero-order valence-corrected chi connectivity index (χ0v) is 11.6. The number of nitrogens with zero attached hydrogens (tertiary/aromatic N) is 3. The van der Waals surface area contributed by atoms with Crippen LogP contribution < -0.4 is 5.73 Å². The van der Waals surface area contributed by atoms with Crippen LogP contribution in [0.2, 0.25) is 0 Å². The second-order valence-electron chi connectivity index (χ2n) is 3.42. The number of hydrogen-bond donors (Lipinski definition) is 1. The summed E-state index contributed by atoms with van der Waals surface area (Å²) in [6.45, 7) is 0. The SMILES string of the molecule is CN1C=CC=CC(N=Nc2ccc(N)cc2)=I1. The van der Waals surface area contributed by atoms with Gasteiger partial charge in [0, 0.05) is 39.9 Å². The molecule has 88 valence electrons. The molecule has 1 aromatic rings. The molecule has 0 radical (unpaired) electrons. The van der Waals surface area contributed by atoms with Crippen LogP contribution in [0.25, 0.3) is 0 Å². The molecule has 1 aliphatic heterocycles. The zero-order chi connectivity index (χ0) is 12.1. The van der Waals surface area contributed by atoms with Gasteiger partial charge in [-0.2, -0.15) is 5.11 Å². The largest absolute Gasteiger partial charge is 0.399 e. The molecule has 0 amide bonds. The molecule has 0 saturated carbocycles. The van der Waals surface area contributed by atoms with Crippen molar-refractivity contribution in [3.8, 4) is 0 Å². The van der Waals surface area contributed by atoms with Crippen LogP contribution in [-0.2, 0) is 0 Å². The highest BCUT2D eigenvalue weighted by molar-refractivity contribution is 14.2. The van der Waals surface area contributed by atoms with Crippen molar-refractivity contribution >= 4 is 36.0 Å². The topological polar surface area (TPSA) is 54.0 Å². The van der Waals surface area contributed by atoms with Crippen LogP contribution in [0.5, 0.6) is 0 Å². The number of halogens is 1. The Kier molecular flexibility index (Phi) is 4.03. The normalized spacial score (nSPS) is 15.6. The zero-order valence-electron chi connectivity index (χ0n) is 9.42. The van der Waals surface area contributed by atoms with Gasteiger partial charge in [-0.1, -0.05) is 6.08 Å². The van der Waals surface area contributed by atoms with Gasteiger partial charge in [0.2, 0.25) is 0 Å². The summed E-state index contributed by atoms with van der Waals surface area (Å²) in [7, 11) is 2.05. The Morgan fingerprint density at radius 1 is 1.12 bits per heavy atom. The Labute approximate surface area is 111 Å². The van der Waals surface area contributed by atoms with Gasteiger partial charge in [-0.15, -0.1) is 5.11 Å². The molecule has 1 aliphatic rings. The Balaban J connectivity index is 2.13. The fourth-order valence-corrected chi connectivity index (χ4v) is 2.89. The van der Waals surface area contributed by atoms with Crippen molar-refractivity contribution in [2.24, 2.45) is 10.2 Å². The Morgan fingerprint density at radius 3 is 2.65 bits per heavy atom. The van der Waals surface area contributed by atoms with Crippen molar-refractivity contribution < 1.29 is 0 Å². The molecular formula is C12H13IN4. The third-order valence-electron chi connectivity index (χ3n) is 2.01. The molecule has 0 aliphatic carbocycles. The highest BCUT2D eigenvalue weighted by Gasteiger charge is 1.96. The Morgan fingerprint density at radius 2 is 1.88 bits per heavy atom. The molecule has 0 atom stereocenters. The summed E-state index contributed by atoms with van der Waals surface area (Å²) in [4.78, 5) is 0. The van der Waals surface area contributed by atoms with E-state index in [-0.39, 0.29) is 21.0 Å². The lowest BCUT2D eigenvalue weighted by molar-refractivity contribution is 0.835. The molecular weight excluding hydrogens is 327 g/mol. The Bertz CT molecular complexity index is 500. The summed E-state index contributed by atoms with van der Waals surface area (Å²) >= 11 is -0.255. The minimum atomic E-state index is -0.255. The van der Waals surface area contributed by atoms with E-state index in [9.17, 15) is 0 Å². The van der Waals surface area contributed by atoms with Gasteiger partial charge in [0.15, 0.2) is 0 Å². The predicted molar refractivity (Wildman–Crippen MR) is 80.4 cm³/mol. The molecule has 0 unspecified atom stereocenters. The first-order valence-electron chi connectivity index (χ1n) is 5.11. The highest BCUT2D eigenvalue weighted by atomic mass is 127. The van der Waals surface area contributed by atoms with E-state index >= 15 is 0 Å². The van der Waals surface area contributed by atoms with E-state index in [1.165, 1.54) is 0 Å². The summed E-state index contributed by atoms with van der Waals surface area (Å²) in [5.74, 6) is 0. The number of nitrogen functional groups attached to an aromatic ring is 1. The van der Waals surface area contributed by atoms with Crippen LogP contribution in [0, 0.1) is 0 Å². The maximum absolute atomic E-state index is 5.61. The fraction of sp³-hybridized carbons (Fsp3) is 0.0833. The number of rotatable bonds is 2. The number of allylic oxidation sites excluding steroid dienone is 2. The Hall–Kier alpha value is -1.50. The number of anilines is 1. The van der Waals surface area contributed by atoms with Crippen LogP contribution in [0.15, 0.2) is 58.9 Å². The molecule has 0 saturated heterocycles. The average Bonchev–Trinajstić information content (AvgIpc) is 2.53. The van der Waals surface area contributed by atoms with E-state index in [1.54, 1.807) is 0 Å². The van der Waals surface area contributed by atoms with Gasteiger partial charge in [-0.05, 0) is 36.4 Å². The molecule has 1 heterocycles. The van der Waals surface area contributed by atoms with Crippen molar-refractivity contribution in [1.82, 2.24) is 3.11 Å². The molecule has 4 nitrogen and oxygen atoms in total.